The highest BCUT2D eigenvalue weighted by Gasteiger charge is 2.37. The minimum Gasteiger partial charge on any atom is -0.493 e. The molecule has 7 nitrogen and oxygen atoms in total. The molecule has 1 aromatic rings. The number of esters is 1. The van der Waals surface area contributed by atoms with Crippen molar-refractivity contribution in [1.82, 2.24) is 4.90 Å². The van der Waals surface area contributed by atoms with Crippen molar-refractivity contribution >= 4 is 46.6 Å². The van der Waals surface area contributed by atoms with E-state index < -0.39 is 29.3 Å². The van der Waals surface area contributed by atoms with Crippen molar-refractivity contribution in [1.29, 1.82) is 0 Å². The number of methoxy groups -OCH3 is 1. The summed E-state index contributed by atoms with van der Waals surface area (Å²) in [5.74, 6) is -0.401. The maximum Gasteiger partial charge on any atom is 0.326 e. The van der Waals surface area contributed by atoms with E-state index in [1.807, 2.05) is 6.92 Å². The average molecular weight is 428 g/mol. The molecule has 2 amide bonds. The number of imide groups is 1. The number of benzene rings is 1. The first kappa shape index (κ1) is 22.1. The Morgan fingerprint density at radius 3 is 2.54 bits per heavy atom. The number of carbonyl (C=O) groups is 3. The number of ether oxygens (including phenoxy) is 3. The molecule has 152 valence electrons. The van der Waals surface area contributed by atoms with Crippen LogP contribution in [0.2, 0.25) is 5.02 Å². The van der Waals surface area contributed by atoms with Gasteiger partial charge in [-0.1, -0.05) is 11.6 Å². The van der Waals surface area contributed by atoms with Crippen LogP contribution in [0.1, 0.15) is 33.3 Å². The van der Waals surface area contributed by atoms with Crippen molar-refractivity contribution in [2.75, 3.05) is 20.3 Å². The van der Waals surface area contributed by atoms with Crippen LogP contribution in [0.25, 0.3) is 6.08 Å². The summed E-state index contributed by atoms with van der Waals surface area (Å²) in [6.45, 7) is 6.93. The van der Waals surface area contributed by atoms with E-state index >= 15 is 0 Å². The summed E-state index contributed by atoms with van der Waals surface area (Å²) in [6, 6.07) is 3.26. The van der Waals surface area contributed by atoms with Crippen LogP contribution in [0.4, 0.5) is 4.79 Å². The van der Waals surface area contributed by atoms with Crippen LogP contribution < -0.4 is 9.47 Å². The van der Waals surface area contributed by atoms with Gasteiger partial charge in [-0.3, -0.25) is 19.3 Å². The molecule has 28 heavy (non-hydrogen) atoms. The Balaban J connectivity index is 2.24. The topological polar surface area (TPSA) is 82.1 Å². The van der Waals surface area contributed by atoms with Gasteiger partial charge < -0.3 is 14.2 Å². The van der Waals surface area contributed by atoms with Crippen LogP contribution >= 0.6 is 23.4 Å². The van der Waals surface area contributed by atoms with Gasteiger partial charge in [-0.05, 0) is 63.2 Å². The number of rotatable bonds is 6. The molecule has 0 saturated carbocycles. The van der Waals surface area contributed by atoms with Crippen molar-refractivity contribution in [2.24, 2.45) is 0 Å². The van der Waals surface area contributed by atoms with Crippen LogP contribution in [-0.4, -0.2) is 47.9 Å². The van der Waals surface area contributed by atoms with E-state index in [2.05, 4.69) is 0 Å². The fourth-order valence-electron chi connectivity index (χ4n) is 2.40. The molecule has 0 radical (unpaired) electrons. The third kappa shape index (κ3) is 5.42. The van der Waals surface area contributed by atoms with E-state index in [1.165, 1.54) is 13.2 Å². The molecular weight excluding hydrogens is 406 g/mol. The smallest absolute Gasteiger partial charge is 0.326 e. The first-order valence-electron chi connectivity index (χ1n) is 8.53. The van der Waals surface area contributed by atoms with Gasteiger partial charge in [-0.25, -0.2) is 0 Å². The molecule has 0 unspecified atom stereocenters. The second kappa shape index (κ2) is 8.87. The fraction of sp³-hybridized carbons (Fsp3) is 0.421. The second-order valence-corrected chi connectivity index (χ2v) is 8.22. The van der Waals surface area contributed by atoms with Gasteiger partial charge in [0, 0.05) is 0 Å². The van der Waals surface area contributed by atoms with E-state index in [-0.39, 0.29) is 4.91 Å². The van der Waals surface area contributed by atoms with E-state index in [9.17, 15) is 14.4 Å². The Morgan fingerprint density at radius 1 is 1.29 bits per heavy atom. The number of thioether (sulfide) groups is 1. The number of hydrogen-bond acceptors (Lipinski definition) is 7. The zero-order chi connectivity index (χ0) is 21.1. The zero-order valence-electron chi connectivity index (χ0n) is 16.3. The Hall–Kier alpha value is -2.19. The van der Waals surface area contributed by atoms with Crippen LogP contribution in [0, 0.1) is 0 Å². The highest BCUT2D eigenvalue weighted by atomic mass is 35.5. The van der Waals surface area contributed by atoms with E-state index in [1.54, 1.807) is 32.9 Å². The fourth-order valence-corrected chi connectivity index (χ4v) is 3.51. The molecule has 0 atom stereocenters. The Kier molecular flexibility index (Phi) is 7.01. The SMILES string of the molecule is CCOc1c(Cl)cc(/C=C2/SC(=O)N(CC(=O)OC(C)(C)C)C2=O)cc1OC. The monoisotopic (exact) mass is 427 g/mol. The predicted octanol–water partition coefficient (Wildman–Crippen LogP) is 4.13. The van der Waals surface area contributed by atoms with Crippen LogP contribution in [0.15, 0.2) is 17.0 Å². The summed E-state index contributed by atoms with van der Waals surface area (Å²) in [6.07, 6.45) is 1.52. The van der Waals surface area contributed by atoms with Crippen LogP contribution in [0.5, 0.6) is 11.5 Å². The molecule has 0 bridgehead atoms. The lowest BCUT2D eigenvalue weighted by Gasteiger charge is -2.21. The van der Waals surface area contributed by atoms with Crippen molar-refractivity contribution in [2.45, 2.75) is 33.3 Å². The number of hydrogen-bond donors (Lipinski definition) is 0. The lowest BCUT2D eigenvalue weighted by atomic mass is 10.1. The summed E-state index contributed by atoms with van der Waals surface area (Å²) in [4.78, 5) is 37.7. The molecule has 0 aliphatic carbocycles. The molecule has 9 heteroatoms. The predicted molar refractivity (Wildman–Crippen MR) is 108 cm³/mol. The third-order valence-corrected chi connectivity index (χ3v) is 4.61. The highest BCUT2D eigenvalue weighted by Crippen LogP contribution is 2.38. The van der Waals surface area contributed by atoms with Gasteiger partial charge in [0.15, 0.2) is 11.5 Å². The molecule has 1 aliphatic heterocycles. The summed E-state index contributed by atoms with van der Waals surface area (Å²) in [5.41, 5.74) is -0.141. The summed E-state index contributed by atoms with van der Waals surface area (Å²) in [5, 5.41) is -0.216. The third-order valence-electron chi connectivity index (χ3n) is 3.42. The first-order chi connectivity index (χ1) is 13.1. The minimum absolute atomic E-state index is 0.177. The molecule has 1 aliphatic rings. The van der Waals surface area contributed by atoms with Gasteiger partial charge in [0.25, 0.3) is 11.1 Å². The minimum atomic E-state index is -0.704. The Bertz CT molecular complexity index is 830. The number of carbonyl (C=O) groups excluding carboxylic acids is 3. The molecule has 1 fully saturated rings. The van der Waals surface area contributed by atoms with Crippen molar-refractivity contribution < 1.29 is 28.6 Å². The molecule has 1 saturated heterocycles. The average Bonchev–Trinajstić information content (AvgIpc) is 2.83. The van der Waals surface area contributed by atoms with Gasteiger partial charge in [0.2, 0.25) is 0 Å². The molecule has 1 heterocycles. The zero-order valence-corrected chi connectivity index (χ0v) is 17.9. The Morgan fingerprint density at radius 2 is 1.96 bits per heavy atom. The number of amides is 2. The number of halogens is 1. The quantitative estimate of drug-likeness (QED) is 0.498. The summed E-state index contributed by atoms with van der Waals surface area (Å²) < 4.78 is 15.9. The summed E-state index contributed by atoms with van der Waals surface area (Å²) >= 11 is 6.98. The molecular formula is C19H22ClNO6S. The van der Waals surface area contributed by atoms with Crippen LogP contribution in [-0.2, 0) is 14.3 Å². The van der Waals surface area contributed by atoms with Gasteiger partial charge in [-0.2, -0.15) is 0 Å². The molecule has 0 aromatic heterocycles. The van der Waals surface area contributed by atoms with E-state index in [0.717, 1.165) is 16.7 Å². The first-order valence-corrected chi connectivity index (χ1v) is 9.72. The second-order valence-electron chi connectivity index (χ2n) is 6.82. The molecule has 0 N–H and O–H groups in total. The van der Waals surface area contributed by atoms with Gasteiger partial charge in [-0.15, -0.1) is 0 Å². The van der Waals surface area contributed by atoms with E-state index in [4.69, 9.17) is 25.8 Å². The molecule has 1 aromatic carbocycles. The van der Waals surface area contributed by atoms with Gasteiger partial charge >= 0.3 is 5.97 Å². The van der Waals surface area contributed by atoms with Crippen molar-refractivity contribution in [3.8, 4) is 11.5 Å². The normalized spacial score (nSPS) is 15.9. The largest absolute Gasteiger partial charge is 0.493 e. The van der Waals surface area contributed by atoms with Gasteiger partial charge in [0.1, 0.15) is 12.1 Å². The maximum absolute atomic E-state index is 12.5. The van der Waals surface area contributed by atoms with Crippen molar-refractivity contribution in [3.63, 3.8) is 0 Å². The molecule has 2 rings (SSSR count). The summed E-state index contributed by atoms with van der Waals surface area (Å²) in [7, 11) is 1.48. The lowest BCUT2D eigenvalue weighted by molar-refractivity contribution is -0.156. The van der Waals surface area contributed by atoms with Gasteiger partial charge in [0.05, 0.1) is 23.6 Å². The Labute approximate surface area is 172 Å². The van der Waals surface area contributed by atoms with Crippen LogP contribution in [0.3, 0.4) is 0 Å². The lowest BCUT2D eigenvalue weighted by Crippen LogP contribution is -2.37. The number of nitrogens with zero attached hydrogens (tertiary/aromatic N) is 1. The molecule has 0 spiro atoms. The maximum atomic E-state index is 12.5. The van der Waals surface area contributed by atoms with Crippen molar-refractivity contribution in [3.05, 3.63) is 27.6 Å². The highest BCUT2D eigenvalue weighted by molar-refractivity contribution is 8.18. The van der Waals surface area contributed by atoms with E-state index in [0.29, 0.717) is 28.7 Å². The standard InChI is InChI=1S/C19H22ClNO6S/c1-6-26-16-12(20)7-11(8-13(16)25-5)9-14-17(23)21(18(24)28-14)10-15(22)27-19(2,3)4/h7-9H,6,10H2,1-5H3/b14-9+.